The molecule has 54 heavy (non-hydrogen) atoms. The Bertz CT molecular complexity index is 1860. The normalized spacial score (nSPS) is 16.9. The summed E-state index contributed by atoms with van der Waals surface area (Å²) in [5, 5.41) is 15.4. The highest BCUT2D eigenvalue weighted by molar-refractivity contribution is 5.93. The third kappa shape index (κ3) is 11.6. The molecule has 1 aliphatic rings. The van der Waals surface area contributed by atoms with Crippen molar-refractivity contribution in [3.05, 3.63) is 167 Å². The van der Waals surface area contributed by atoms with Crippen LogP contribution in [0.5, 0.6) is 0 Å². The highest BCUT2D eigenvalue weighted by atomic mass is 16.7. The Morgan fingerprint density at radius 3 is 1.87 bits per heavy atom. The molecule has 6 rings (SSSR count). The molecule has 9 heteroatoms. The standard InChI is InChI=1S/C45H50N4O5/c46-40-15-7-8-16-41(40)48-44(52)18-10-9-17-43(51)47-28-33-19-25-38(26-20-33)45-53-39(27-42(54-45)37-23-21-36(32-50)22-24-37)31-49(29-34-11-3-1-4-12-34)30-35-13-5-2-6-14-35/h1-8,11-16,19-26,39,42,45,50H,9-10,17-18,27-32,46H2,(H,47,51)(H,48,52)/t39-,42+,45+/m1/s1. The average molecular weight is 727 g/mol. The molecule has 0 aliphatic carbocycles. The van der Waals surface area contributed by atoms with Gasteiger partial charge in [-0.2, -0.15) is 0 Å². The molecule has 0 spiro atoms. The number of aliphatic hydroxyl groups is 1. The molecule has 0 bridgehead atoms. The summed E-state index contributed by atoms with van der Waals surface area (Å²) in [4.78, 5) is 27.3. The van der Waals surface area contributed by atoms with Gasteiger partial charge in [0, 0.05) is 51.0 Å². The summed E-state index contributed by atoms with van der Waals surface area (Å²) < 4.78 is 13.3. The number of nitrogens with zero attached hydrogens (tertiary/aromatic N) is 1. The van der Waals surface area contributed by atoms with Gasteiger partial charge in [0.2, 0.25) is 11.8 Å². The quantitative estimate of drug-likeness (QED) is 0.0569. The fourth-order valence-electron chi connectivity index (χ4n) is 6.67. The van der Waals surface area contributed by atoms with Gasteiger partial charge < -0.3 is 30.9 Å². The van der Waals surface area contributed by atoms with Crippen molar-refractivity contribution in [2.45, 2.75) is 76.8 Å². The van der Waals surface area contributed by atoms with Gasteiger partial charge in [0.15, 0.2) is 6.29 Å². The van der Waals surface area contributed by atoms with Crippen LogP contribution >= 0.6 is 0 Å². The summed E-state index contributed by atoms with van der Waals surface area (Å²) in [5.41, 5.74) is 13.3. The lowest BCUT2D eigenvalue weighted by Gasteiger charge is -2.38. The Balaban J connectivity index is 1.06. The van der Waals surface area contributed by atoms with Crippen LogP contribution in [0, 0.1) is 0 Å². The molecular weight excluding hydrogens is 677 g/mol. The maximum absolute atomic E-state index is 12.6. The predicted octanol–water partition coefficient (Wildman–Crippen LogP) is 7.82. The van der Waals surface area contributed by atoms with E-state index in [-0.39, 0.29) is 30.6 Å². The van der Waals surface area contributed by atoms with E-state index in [0.717, 1.165) is 35.3 Å². The van der Waals surface area contributed by atoms with E-state index in [9.17, 15) is 14.7 Å². The fraction of sp³-hybridized carbons (Fsp3) is 0.289. The van der Waals surface area contributed by atoms with Gasteiger partial charge >= 0.3 is 0 Å². The van der Waals surface area contributed by atoms with Gasteiger partial charge in [0.1, 0.15) is 0 Å². The van der Waals surface area contributed by atoms with Crippen molar-refractivity contribution in [3.63, 3.8) is 0 Å². The molecule has 2 amide bonds. The number of nitrogens with one attached hydrogen (secondary N) is 2. The minimum atomic E-state index is -0.583. The molecular formula is C45H50N4O5. The van der Waals surface area contributed by atoms with Crippen LogP contribution < -0.4 is 16.4 Å². The highest BCUT2D eigenvalue weighted by Crippen LogP contribution is 2.38. The van der Waals surface area contributed by atoms with Gasteiger partial charge in [-0.25, -0.2) is 0 Å². The topological polar surface area (TPSA) is 126 Å². The number of carbonyl (C=O) groups excluding carboxylic acids is 2. The maximum Gasteiger partial charge on any atom is 0.224 e. The second-order valence-electron chi connectivity index (χ2n) is 13.9. The second kappa shape index (κ2) is 19.7. The van der Waals surface area contributed by atoms with E-state index in [4.69, 9.17) is 15.2 Å². The molecule has 5 N–H and O–H groups in total. The second-order valence-corrected chi connectivity index (χ2v) is 13.9. The Labute approximate surface area is 318 Å². The number of amides is 2. The van der Waals surface area contributed by atoms with Gasteiger partial charge in [-0.15, -0.1) is 0 Å². The molecule has 9 nitrogen and oxygen atoms in total. The number of hydrogen-bond acceptors (Lipinski definition) is 7. The molecule has 1 heterocycles. The van der Waals surface area contributed by atoms with Crippen molar-refractivity contribution < 1.29 is 24.2 Å². The molecule has 1 saturated heterocycles. The van der Waals surface area contributed by atoms with Crippen LogP contribution in [0.4, 0.5) is 11.4 Å². The lowest BCUT2D eigenvalue weighted by atomic mass is 9.99. The summed E-state index contributed by atoms with van der Waals surface area (Å²) in [6.07, 6.45) is 1.67. The van der Waals surface area contributed by atoms with Gasteiger partial charge in [0.25, 0.3) is 0 Å². The number of aliphatic hydroxyl groups excluding tert-OH is 1. The number of nitrogen functional groups attached to an aromatic ring is 1. The summed E-state index contributed by atoms with van der Waals surface area (Å²) in [5.74, 6) is -0.174. The van der Waals surface area contributed by atoms with Gasteiger partial charge in [-0.1, -0.05) is 121 Å². The van der Waals surface area contributed by atoms with E-state index in [0.29, 0.717) is 56.6 Å². The molecule has 0 radical (unpaired) electrons. The Morgan fingerprint density at radius 1 is 0.667 bits per heavy atom. The Morgan fingerprint density at radius 2 is 1.24 bits per heavy atom. The molecule has 0 aromatic heterocycles. The number of benzene rings is 5. The number of rotatable bonds is 17. The van der Waals surface area contributed by atoms with E-state index in [1.807, 2.05) is 72.8 Å². The van der Waals surface area contributed by atoms with Crippen molar-refractivity contribution in [3.8, 4) is 0 Å². The third-order valence-corrected chi connectivity index (χ3v) is 9.61. The summed E-state index contributed by atoms with van der Waals surface area (Å²) >= 11 is 0. The summed E-state index contributed by atoms with van der Waals surface area (Å²) in [6, 6.07) is 44.1. The number of nitrogens with two attached hydrogens (primary N) is 1. The number of carbonyl (C=O) groups is 2. The smallest absolute Gasteiger partial charge is 0.224 e. The minimum absolute atomic E-state index is 0.00886. The number of hydrogen-bond donors (Lipinski definition) is 4. The number of para-hydroxylation sites is 2. The van der Waals surface area contributed by atoms with E-state index in [1.54, 1.807) is 12.1 Å². The van der Waals surface area contributed by atoms with Gasteiger partial charge in [-0.3, -0.25) is 14.5 Å². The Hall–Kier alpha value is -5.32. The van der Waals surface area contributed by atoms with Crippen molar-refractivity contribution in [1.29, 1.82) is 0 Å². The van der Waals surface area contributed by atoms with Crippen LogP contribution in [-0.4, -0.2) is 34.5 Å². The van der Waals surface area contributed by atoms with E-state index in [2.05, 4.69) is 64.1 Å². The lowest BCUT2D eigenvalue weighted by Crippen LogP contribution is -2.39. The third-order valence-electron chi connectivity index (χ3n) is 9.61. The maximum atomic E-state index is 12.6. The largest absolute Gasteiger partial charge is 0.397 e. The van der Waals surface area contributed by atoms with Crippen molar-refractivity contribution in [1.82, 2.24) is 10.2 Å². The average Bonchev–Trinajstić information content (AvgIpc) is 3.20. The first kappa shape index (κ1) is 38.4. The van der Waals surface area contributed by atoms with Crippen molar-refractivity contribution >= 4 is 23.2 Å². The van der Waals surface area contributed by atoms with E-state index < -0.39 is 6.29 Å². The zero-order valence-corrected chi connectivity index (χ0v) is 30.6. The zero-order valence-electron chi connectivity index (χ0n) is 30.6. The number of ether oxygens (including phenoxy) is 2. The number of anilines is 2. The van der Waals surface area contributed by atoms with Crippen LogP contribution in [0.15, 0.2) is 133 Å². The number of unbranched alkanes of at least 4 members (excludes halogenated alkanes) is 1. The molecule has 1 fully saturated rings. The molecule has 1 aliphatic heterocycles. The molecule has 0 unspecified atom stereocenters. The lowest BCUT2D eigenvalue weighted by molar-refractivity contribution is -0.253. The molecule has 0 saturated carbocycles. The van der Waals surface area contributed by atoms with Crippen LogP contribution in [0.1, 0.15) is 77.9 Å². The summed E-state index contributed by atoms with van der Waals surface area (Å²) in [6.45, 7) is 2.68. The molecule has 3 atom stereocenters. The van der Waals surface area contributed by atoms with Crippen molar-refractivity contribution in [2.24, 2.45) is 0 Å². The Kier molecular flexibility index (Phi) is 14.0. The zero-order chi connectivity index (χ0) is 37.5. The van der Waals surface area contributed by atoms with Crippen molar-refractivity contribution in [2.75, 3.05) is 17.6 Å². The molecule has 5 aromatic rings. The van der Waals surface area contributed by atoms with Crippen LogP contribution in [0.3, 0.4) is 0 Å². The predicted molar refractivity (Wildman–Crippen MR) is 212 cm³/mol. The molecule has 280 valence electrons. The molecule has 5 aromatic carbocycles. The first-order valence-corrected chi connectivity index (χ1v) is 18.7. The van der Waals surface area contributed by atoms with Crippen LogP contribution in [0.2, 0.25) is 0 Å². The van der Waals surface area contributed by atoms with Gasteiger partial charge in [-0.05, 0) is 52.8 Å². The first-order valence-electron chi connectivity index (χ1n) is 18.7. The summed E-state index contributed by atoms with van der Waals surface area (Å²) in [7, 11) is 0. The fourth-order valence-corrected chi connectivity index (χ4v) is 6.67. The van der Waals surface area contributed by atoms with E-state index in [1.165, 1.54) is 11.1 Å². The van der Waals surface area contributed by atoms with E-state index >= 15 is 0 Å². The monoisotopic (exact) mass is 726 g/mol. The first-order chi connectivity index (χ1) is 26.4. The highest BCUT2D eigenvalue weighted by Gasteiger charge is 2.33. The SMILES string of the molecule is Nc1ccccc1NC(=O)CCCCC(=O)NCc1ccc([C@H]2O[C@@H](CN(Cc3ccccc3)Cc3ccccc3)C[C@@H](c3ccc(CO)cc3)O2)cc1. The van der Waals surface area contributed by atoms with Crippen LogP contribution in [-0.2, 0) is 45.3 Å². The van der Waals surface area contributed by atoms with Gasteiger partial charge in [0.05, 0.1) is 30.2 Å². The minimum Gasteiger partial charge on any atom is -0.397 e. The van der Waals surface area contributed by atoms with Crippen LogP contribution in [0.25, 0.3) is 0 Å².